The summed E-state index contributed by atoms with van der Waals surface area (Å²) in [6.07, 6.45) is 0. The van der Waals surface area contributed by atoms with Gasteiger partial charge in [-0.25, -0.2) is 0 Å². The summed E-state index contributed by atoms with van der Waals surface area (Å²) in [6.45, 7) is 2.04. The third kappa shape index (κ3) is 3.39. The minimum absolute atomic E-state index is 0.0406. The second-order valence-corrected chi connectivity index (χ2v) is 5.48. The molecule has 0 aromatic heterocycles. The van der Waals surface area contributed by atoms with E-state index in [-0.39, 0.29) is 12.6 Å². The zero-order valence-electron chi connectivity index (χ0n) is 11.6. The van der Waals surface area contributed by atoms with Crippen LogP contribution in [-0.4, -0.2) is 12.2 Å². The molecule has 0 heterocycles. The number of hydrogen-bond acceptors (Lipinski definition) is 3. The first kappa shape index (κ1) is 15.0. The van der Waals surface area contributed by atoms with Crippen molar-refractivity contribution in [3.63, 3.8) is 0 Å². The predicted molar refractivity (Wildman–Crippen MR) is 84.1 cm³/mol. The SMILES string of the molecule is CNC(C)c1ccc(Br)cc1Oc1ccccc1CO. The molecule has 20 heavy (non-hydrogen) atoms. The standard InChI is InChI=1S/C16H18BrNO2/c1-11(18-2)14-8-7-13(17)9-16(14)20-15-6-4-3-5-12(15)10-19/h3-9,11,18-19H,10H2,1-2H3. The fourth-order valence-corrected chi connectivity index (χ4v) is 2.30. The average Bonchev–Trinajstić information content (AvgIpc) is 2.47. The van der Waals surface area contributed by atoms with Crippen LogP contribution in [0.1, 0.15) is 24.1 Å². The van der Waals surface area contributed by atoms with Crippen LogP contribution in [0.4, 0.5) is 0 Å². The lowest BCUT2D eigenvalue weighted by Gasteiger charge is -2.18. The van der Waals surface area contributed by atoms with Gasteiger partial charge in [-0.15, -0.1) is 0 Å². The van der Waals surface area contributed by atoms with Crippen molar-refractivity contribution in [1.29, 1.82) is 0 Å². The van der Waals surface area contributed by atoms with Gasteiger partial charge in [0.2, 0.25) is 0 Å². The average molecular weight is 336 g/mol. The van der Waals surface area contributed by atoms with Crippen molar-refractivity contribution >= 4 is 15.9 Å². The number of aliphatic hydroxyl groups is 1. The summed E-state index contributed by atoms with van der Waals surface area (Å²) in [4.78, 5) is 0. The minimum atomic E-state index is -0.0406. The Kier molecular flexibility index (Phi) is 5.17. The van der Waals surface area contributed by atoms with Crippen molar-refractivity contribution in [2.24, 2.45) is 0 Å². The van der Waals surface area contributed by atoms with Crippen molar-refractivity contribution in [1.82, 2.24) is 5.32 Å². The number of ether oxygens (including phenoxy) is 1. The first-order valence-corrected chi connectivity index (χ1v) is 7.28. The Morgan fingerprint density at radius 3 is 2.65 bits per heavy atom. The largest absolute Gasteiger partial charge is 0.457 e. The zero-order valence-corrected chi connectivity index (χ0v) is 13.1. The van der Waals surface area contributed by atoms with Crippen LogP contribution >= 0.6 is 15.9 Å². The van der Waals surface area contributed by atoms with Crippen LogP contribution in [0.2, 0.25) is 0 Å². The molecule has 0 aliphatic heterocycles. The quantitative estimate of drug-likeness (QED) is 0.867. The van der Waals surface area contributed by atoms with Crippen molar-refractivity contribution in [2.75, 3.05) is 7.05 Å². The molecule has 4 heteroatoms. The Morgan fingerprint density at radius 1 is 1.20 bits per heavy atom. The summed E-state index contributed by atoms with van der Waals surface area (Å²) in [5.74, 6) is 1.46. The second kappa shape index (κ2) is 6.88. The van der Waals surface area contributed by atoms with Gasteiger partial charge in [0.25, 0.3) is 0 Å². The lowest BCUT2D eigenvalue weighted by Crippen LogP contribution is -2.13. The molecule has 2 aromatic carbocycles. The van der Waals surface area contributed by atoms with Crippen LogP contribution in [0, 0.1) is 0 Å². The van der Waals surface area contributed by atoms with Gasteiger partial charge < -0.3 is 15.2 Å². The van der Waals surface area contributed by atoms with Crippen LogP contribution in [0.25, 0.3) is 0 Å². The molecule has 0 radical (unpaired) electrons. The number of rotatable bonds is 5. The van der Waals surface area contributed by atoms with Gasteiger partial charge in [-0.1, -0.05) is 40.2 Å². The first-order chi connectivity index (χ1) is 9.65. The highest BCUT2D eigenvalue weighted by atomic mass is 79.9. The maximum Gasteiger partial charge on any atom is 0.133 e. The van der Waals surface area contributed by atoms with Gasteiger partial charge in [0.1, 0.15) is 11.5 Å². The van der Waals surface area contributed by atoms with Crippen LogP contribution in [0.5, 0.6) is 11.5 Å². The molecule has 0 fully saturated rings. The van der Waals surface area contributed by atoms with Crippen LogP contribution in [0.3, 0.4) is 0 Å². The molecule has 1 atom stereocenters. The van der Waals surface area contributed by atoms with Crippen molar-refractivity contribution < 1.29 is 9.84 Å². The van der Waals surface area contributed by atoms with E-state index in [1.54, 1.807) is 0 Å². The molecule has 1 unspecified atom stereocenters. The van der Waals surface area contributed by atoms with E-state index in [4.69, 9.17) is 4.74 Å². The van der Waals surface area contributed by atoms with Gasteiger partial charge >= 0.3 is 0 Å². The number of halogens is 1. The molecular weight excluding hydrogens is 318 g/mol. The Balaban J connectivity index is 2.39. The number of benzene rings is 2. The molecule has 0 saturated heterocycles. The highest BCUT2D eigenvalue weighted by molar-refractivity contribution is 9.10. The second-order valence-electron chi connectivity index (χ2n) is 4.56. The number of aliphatic hydroxyl groups excluding tert-OH is 1. The summed E-state index contributed by atoms with van der Waals surface area (Å²) < 4.78 is 6.96. The molecule has 0 bridgehead atoms. The molecule has 0 spiro atoms. The van der Waals surface area contributed by atoms with Gasteiger partial charge in [0.15, 0.2) is 0 Å². The van der Waals surface area contributed by atoms with E-state index in [0.717, 1.165) is 21.3 Å². The molecule has 2 aromatic rings. The van der Waals surface area contributed by atoms with E-state index in [9.17, 15) is 5.11 Å². The van der Waals surface area contributed by atoms with E-state index in [0.29, 0.717) is 5.75 Å². The summed E-state index contributed by atoms with van der Waals surface area (Å²) in [5, 5.41) is 12.6. The van der Waals surface area contributed by atoms with Gasteiger partial charge in [-0.05, 0) is 32.2 Å². The Labute approximate surface area is 127 Å². The van der Waals surface area contributed by atoms with Gasteiger partial charge in [-0.2, -0.15) is 0 Å². The number of para-hydroxylation sites is 1. The lowest BCUT2D eigenvalue weighted by atomic mass is 10.1. The van der Waals surface area contributed by atoms with Gasteiger partial charge in [0, 0.05) is 21.6 Å². The zero-order chi connectivity index (χ0) is 14.5. The summed E-state index contributed by atoms with van der Waals surface area (Å²) in [6, 6.07) is 13.6. The molecular formula is C16H18BrNO2. The summed E-state index contributed by atoms with van der Waals surface area (Å²) in [7, 11) is 1.91. The topological polar surface area (TPSA) is 41.5 Å². The van der Waals surface area contributed by atoms with Crippen LogP contribution in [-0.2, 0) is 6.61 Å². The Morgan fingerprint density at radius 2 is 1.95 bits per heavy atom. The van der Waals surface area contributed by atoms with Crippen molar-refractivity contribution in [3.05, 3.63) is 58.1 Å². The molecule has 2 N–H and O–H groups in total. The Hall–Kier alpha value is -1.36. The monoisotopic (exact) mass is 335 g/mol. The molecule has 0 aliphatic rings. The van der Waals surface area contributed by atoms with E-state index in [2.05, 4.69) is 28.2 Å². The molecule has 0 saturated carbocycles. The summed E-state index contributed by atoms with van der Waals surface area (Å²) >= 11 is 3.47. The van der Waals surface area contributed by atoms with Crippen molar-refractivity contribution in [3.8, 4) is 11.5 Å². The third-order valence-corrected chi connectivity index (χ3v) is 3.73. The molecule has 2 rings (SSSR count). The fourth-order valence-electron chi connectivity index (χ4n) is 1.96. The highest BCUT2D eigenvalue weighted by Gasteiger charge is 2.12. The number of nitrogens with one attached hydrogen (secondary N) is 1. The van der Waals surface area contributed by atoms with Gasteiger partial charge in [-0.3, -0.25) is 0 Å². The smallest absolute Gasteiger partial charge is 0.133 e. The first-order valence-electron chi connectivity index (χ1n) is 6.49. The van der Waals surface area contributed by atoms with E-state index < -0.39 is 0 Å². The normalized spacial score (nSPS) is 12.2. The molecule has 106 valence electrons. The fraction of sp³-hybridized carbons (Fsp3) is 0.250. The van der Waals surface area contributed by atoms with Gasteiger partial charge in [0.05, 0.1) is 6.61 Å². The molecule has 0 aliphatic carbocycles. The van der Waals surface area contributed by atoms with E-state index in [1.165, 1.54) is 0 Å². The minimum Gasteiger partial charge on any atom is -0.457 e. The lowest BCUT2D eigenvalue weighted by molar-refractivity contribution is 0.276. The van der Waals surface area contributed by atoms with E-state index >= 15 is 0 Å². The maximum absolute atomic E-state index is 9.37. The predicted octanol–water partition coefficient (Wildman–Crippen LogP) is 4.01. The summed E-state index contributed by atoms with van der Waals surface area (Å²) in [5.41, 5.74) is 1.85. The van der Waals surface area contributed by atoms with Crippen LogP contribution < -0.4 is 10.1 Å². The molecule has 0 amide bonds. The maximum atomic E-state index is 9.37. The highest BCUT2D eigenvalue weighted by Crippen LogP contribution is 2.33. The van der Waals surface area contributed by atoms with Crippen molar-refractivity contribution in [2.45, 2.75) is 19.6 Å². The third-order valence-electron chi connectivity index (χ3n) is 3.24. The van der Waals surface area contributed by atoms with Crippen LogP contribution in [0.15, 0.2) is 46.9 Å². The molecule has 3 nitrogen and oxygen atoms in total. The van der Waals surface area contributed by atoms with E-state index in [1.807, 2.05) is 49.5 Å². The number of hydrogen-bond donors (Lipinski definition) is 2. The Bertz CT molecular complexity index is 586.